The van der Waals surface area contributed by atoms with Gasteiger partial charge in [0.25, 0.3) is 0 Å². The van der Waals surface area contributed by atoms with Gasteiger partial charge in [0.15, 0.2) is 0 Å². The van der Waals surface area contributed by atoms with E-state index in [4.69, 9.17) is 5.11 Å². The number of carbonyl (C=O) groups excluding carboxylic acids is 1. The van der Waals surface area contributed by atoms with E-state index in [1.807, 2.05) is 0 Å². The molecule has 0 atom stereocenters. The van der Waals surface area contributed by atoms with Gasteiger partial charge in [-0.05, 0) is 33.7 Å². The van der Waals surface area contributed by atoms with E-state index < -0.39 is 11.9 Å². The summed E-state index contributed by atoms with van der Waals surface area (Å²) in [6.07, 6.45) is -0.210. The van der Waals surface area contributed by atoms with Crippen molar-refractivity contribution in [2.45, 2.75) is 12.8 Å². The number of ether oxygens (including phenoxy) is 1. The predicted molar refractivity (Wildman–Crippen MR) is 90.3 cm³/mol. The highest BCUT2D eigenvalue weighted by atomic mass is 16.5. The van der Waals surface area contributed by atoms with E-state index in [0.29, 0.717) is 0 Å². The number of fused-ring (bicyclic) bond motifs is 2. The summed E-state index contributed by atoms with van der Waals surface area (Å²) in [5.41, 5.74) is 0. The Morgan fingerprint density at radius 3 is 1.52 bits per heavy atom. The van der Waals surface area contributed by atoms with Crippen LogP contribution in [0.2, 0.25) is 0 Å². The Hall–Kier alpha value is -2.88. The number of carboxylic acid groups (broad SMARTS) is 1. The summed E-state index contributed by atoms with van der Waals surface area (Å²) in [7, 11) is 1.23. The van der Waals surface area contributed by atoms with Crippen molar-refractivity contribution in [3.63, 3.8) is 0 Å². The Bertz CT molecular complexity index is 719. The summed E-state index contributed by atoms with van der Waals surface area (Å²) in [4.78, 5) is 20.0. The molecule has 23 heavy (non-hydrogen) atoms. The Morgan fingerprint density at radius 2 is 1.22 bits per heavy atom. The lowest BCUT2D eigenvalue weighted by Crippen LogP contribution is -2.04. The minimum absolute atomic E-state index is 0.0498. The summed E-state index contributed by atoms with van der Waals surface area (Å²) in [5.74, 6) is -1.47. The lowest BCUT2D eigenvalue weighted by Gasteiger charge is -2.00. The van der Waals surface area contributed by atoms with Gasteiger partial charge in [-0.3, -0.25) is 9.59 Å². The molecule has 0 fully saturated rings. The van der Waals surface area contributed by atoms with Crippen LogP contribution in [0.5, 0.6) is 0 Å². The maximum absolute atomic E-state index is 10.2. The van der Waals surface area contributed by atoms with Crippen molar-refractivity contribution in [3.05, 3.63) is 60.7 Å². The average molecular weight is 310 g/mol. The van der Waals surface area contributed by atoms with Crippen LogP contribution in [0.4, 0.5) is 0 Å². The Morgan fingerprint density at radius 1 is 0.826 bits per heavy atom. The summed E-state index contributed by atoms with van der Waals surface area (Å²) in [5, 5.41) is 13.3. The minimum Gasteiger partial charge on any atom is -0.481 e. The maximum Gasteiger partial charge on any atom is 0.306 e. The van der Waals surface area contributed by atoms with E-state index in [1.165, 1.54) is 28.7 Å². The zero-order chi connectivity index (χ0) is 16.7. The highest BCUT2D eigenvalue weighted by Crippen LogP contribution is 2.21. The van der Waals surface area contributed by atoms with Crippen molar-refractivity contribution in [1.82, 2.24) is 0 Å². The molecule has 3 aromatic carbocycles. The van der Waals surface area contributed by atoms with Gasteiger partial charge in [0.1, 0.15) is 0 Å². The molecular formula is C19H18O4. The number of carbonyl (C=O) groups is 2. The molecule has 0 aliphatic rings. The Balaban J connectivity index is 0.000000188. The number of hydrogen-bond donors (Lipinski definition) is 1. The van der Waals surface area contributed by atoms with Gasteiger partial charge in [0, 0.05) is 0 Å². The summed E-state index contributed by atoms with van der Waals surface area (Å²) >= 11 is 0. The van der Waals surface area contributed by atoms with Crippen LogP contribution < -0.4 is 0 Å². The molecule has 0 radical (unpaired) electrons. The van der Waals surface area contributed by atoms with E-state index in [9.17, 15) is 9.59 Å². The lowest BCUT2D eigenvalue weighted by molar-refractivity contribution is -0.145. The second-order valence-corrected chi connectivity index (χ2v) is 5.02. The molecule has 0 unspecified atom stereocenters. The largest absolute Gasteiger partial charge is 0.481 e. The van der Waals surface area contributed by atoms with E-state index in [-0.39, 0.29) is 12.8 Å². The third kappa shape index (κ3) is 4.81. The van der Waals surface area contributed by atoms with Crippen molar-refractivity contribution in [2.75, 3.05) is 7.11 Å². The number of rotatable bonds is 3. The molecule has 0 spiro atoms. The zero-order valence-electron chi connectivity index (χ0n) is 12.9. The molecule has 4 nitrogen and oxygen atoms in total. The molecule has 0 amide bonds. The van der Waals surface area contributed by atoms with Gasteiger partial charge < -0.3 is 9.84 Å². The molecule has 118 valence electrons. The van der Waals surface area contributed by atoms with E-state index in [0.717, 1.165) is 0 Å². The van der Waals surface area contributed by atoms with Gasteiger partial charge in [-0.25, -0.2) is 0 Å². The van der Waals surface area contributed by atoms with Gasteiger partial charge in [-0.15, -0.1) is 0 Å². The van der Waals surface area contributed by atoms with Crippen LogP contribution in [0.15, 0.2) is 60.7 Å². The van der Waals surface area contributed by atoms with Crippen molar-refractivity contribution in [2.24, 2.45) is 0 Å². The van der Waals surface area contributed by atoms with Gasteiger partial charge in [0.2, 0.25) is 0 Å². The first-order chi connectivity index (χ1) is 11.1. The molecule has 3 aromatic rings. The molecule has 0 aliphatic carbocycles. The normalized spacial score (nSPS) is 9.96. The van der Waals surface area contributed by atoms with Crippen LogP contribution in [0.25, 0.3) is 21.5 Å². The second kappa shape index (κ2) is 7.94. The van der Waals surface area contributed by atoms with Crippen molar-refractivity contribution in [3.8, 4) is 0 Å². The molecule has 0 heterocycles. The fourth-order valence-corrected chi connectivity index (χ4v) is 2.19. The van der Waals surface area contributed by atoms with Crippen LogP contribution in [0.1, 0.15) is 12.8 Å². The molecule has 0 aromatic heterocycles. The fourth-order valence-electron chi connectivity index (χ4n) is 2.19. The van der Waals surface area contributed by atoms with Crippen LogP contribution >= 0.6 is 0 Å². The number of carboxylic acids is 1. The van der Waals surface area contributed by atoms with Crippen molar-refractivity contribution < 1.29 is 19.4 Å². The molecular weight excluding hydrogens is 292 g/mol. The van der Waals surface area contributed by atoms with E-state index in [1.54, 1.807) is 0 Å². The van der Waals surface area contributed by atoms with E-state index >= 15 is 0 Å². The molecule has 4 heteroatoms. The smallest absolute Gasteiger partial charge is 0.306 e. The number of hydrogen-bond acceptors (Lipinski definition) is 3. The highest BCUT2D eigenvalue weighted by Gasteiger charge is 2.02. The van der Waals surface area contributed by atoms with Crippen LogP contribution in [-0.2, 0) is 14.3 Å². The average Bonchev–Trinajstić information content (AvgIpc) is 2.58. The molecule has 1 N–H and O–H groups in total. The number of benzene rings is 3. The lowest BCUT2D eigenvalue weighted by atomic mass is 10.0. The first-order valence-electron chi connectivity index (χ1n) is 7.26. The first-order valence-corrected chi connectivity index (χ1v) is 7.26. The minimum atomic E-state index is -0.986. The monoisotopic (exact) mass is 310 g/mol. The Labute approximate surface area is 134 Å². The van der Waals surface area contributed by atoms with Gasteiger partial charge in [-0.1, -0.05) is 48.5 Å². The Kier molecular flexibility index (Phi) is 5.69. The van der Waals surface area contributed by atoms with Gasteiger partial charge >= 0.3 is 11.9 Å². The van der Waals surface area contributed by atoms with Crippen molar-refractivity contribution >= 4 is 33.5 Å². The third-order valence-corrected chi connectivity index (χ3v) is 3.38. The van der Waals surface area contributed by atoms with Crippen molar-refractivity contribution in [1.29, 1.82) is 0 Å². The number of esters is 1. The first kappa shape index (κ1) is 16.5. The zero-order valence-corrected chi connectivity index (χ0v) is 12.9. The third-order valence-electron chi connectivity index (χ3n) is 3.38. The number of aliphatic carboxylic acids is 1. The molecule has 0 saturated heterocycles. The van der Waals surface area contributed by atoms with Crippen LogP contribution in [-0.4, -0.2) is 24.2 Å². The summed E-state index contributed by atoms with van der Waals surface area (Å²) in [6.45, 7) is 0. The van der Waals surface area contributed by atoms with E-state index in [2.05, 4.69) is 65.4 Å². The van der Waals surface area contributed by atoms with Gasteiger partial charge in [0.05, 0.1) is 20.0 Å². The maximum atomic E-state index is 10.2. The standard InChI is InChI=1S/C14H10.C5H8O4/c1-2-6-12-10-14-8-4-3-7-13(14)9-11(12)5-1;1-9-5(8)3-2-4(6)7/h1-10H;2-3H2,1H3,(H,6,7). The highest BCUT2D eigenvalue weighted by molar-refractivity contribution is 5.98. The molecule has 3 rings (SSSR count). The predicted octanol–water partition coefficient (Wildman–Crippen LogP) is 4.02. The molecule has 0 bridgehead atoms. The topological polar surface area (TPSA) is 63.6 Å². The quantitative estimate of drug-likeness (QED) is 0.586. The second-order valence-electron chi connectivity index (χ2n) is 5.02. The van der Waals surface area contributed by atoms with Crippen LogP contribution in [0.3, 0.4) is 0 Å². The summed E-state index contributed by atoms with van der Waals surface area (Å²) in [6, 6.07) is 21.4. The molecule has 0 aliphatic heterocycles. The summed E-state index contributed by atoms with van der Waals surface area (Å²) < 4.78 is 4.20. The van der Waals surface area contributed by atoms with Crippen LogP contribution in [0, 0.1) is 0 Å². The SMILES string of the molecule is COC(=O)CCC(=O)O.c1ccc2cc3ccccc3cc2c1. The fraction of sp³-hybridized carbons (Fsp3) is 0.158. The molecule has 0 saturated carbocycles. The van der Waals surface area contributed by atoms with Gasteiger partial charge in [-0.2, -0.15) is 0 Å². The number of methoxy groups -OCH3 is 1.